The van der Waals surface area contributed by atoms with Crippen LogP contribution in [0.2, 0.25) is 0 Å². The molecule has 0 unspecified atom stereocenters. The molecular formula is C24H22N4O2. The van der Waals surface area contributed by atoms with E-state index in [1.165, 1.54) is 0 Å². The Kier molecular flexibility index (Phi) is 5.90. The summed E-state index contributed by atoms with van der Waals surface area (Å²) in [5.41, 5.74) is 2.59. The average molecular weight is 398 g/mol. The normalized spacial score (nSPS) is 13.0. The molecule has 1 fully saturated rings. The maximum atomic E-state index is 12.9. The van der Waals surface area contributed by atoms with Gasteiger partial charge in [-0.1, -0.05) is 24.3 Å². The molecule has 6 heteroatoms. The van der Waals surface area contributed by atoms with Crippen molar-refractivity contribution < 1.29 is 9.53 Å². The zero-order valence-electron chi connectivity index (χ0n) is 16.5. The van der Waals surface area contributed by atoms with Gasteiger partial charge in [-0.15, -0.1) is 0 Å². The molecule has 1 amide bonds. The topological polar surface area (TPSA) is 78.2 Å². The van der Waals surface area contributed by atoms with Crippen molar-refractivity contribution in [1.82, 2.24) is 4.98 Å². The van der Waals surface area contributed by atoms with Crippen LogP contribution in [0.5, 0.6) is 5.75 Å². The van der Waals surface area contributed by atoms with Gasteiger partial charge in [0.15, 0.2) is 5.82 Å². The molecule has 0 atom stereocenters. The lowest BCUT2D eigenvalue weighted by Crippen LogP contribution is -2.22. The highest BCUT2D eigenvalue weighted by molar-refractivity contribution is 6.05. The molecule has 0 spiro atoms. The Labute approximate surface area is 175 Å². The van der Waals surface area contributed by atoms with Gasteiger partial charge in [0.2, 0.25) is 0 Å². The van der Waals surface area contributed by atoms with Gasteiger partial charge in [0.05, 0.1) is 17.3 Å². The van der Waals surface area contributed by atoms with Gasteiger partial charge >= 0.3 is 0 Å². The molecule has 0 radical (unpaired) electrons. The number of rotatable bonds is 6. The van der Waals surface area contributed by atoms with Crippen molar-refractivity contribution in [1.29, 1.82) is 5.26 Å². The Bertz CT molecular complexity index is 1080. The highest BCUT2D eigenvalue weighted by Crippen LogP contribution is 2.27. The van der Waals surface area contributed by atoms with E-state index in [9.17, 15) is 10.1 Å². The molecule has 1 aliphatic heterocycles. The molecular weight excluding hydrogens is 376 g/mol. The molecule has 0 saturated carbocycles. The predicted octanol–water partition coefficient (Wildman–Crippen LogP) is 4.38. The molecule has 0 aliphatic carbocycles. The smallest absolute Gasteiger partial charge is 0.255 e. The van der Waals surface area contributed by atoms with E-state index in [4.69, 9.17) is 4.74 Å². The van der Waals surface area contributed by atoms with Crippen LogP contribution in [-0.4, -0.2) is 24.0 Å². The third-order valence-electron chi connectivity index (χ3n) is 5.07. The van der Waals surface area contributed by atoms with Crippen molar-refractivity contribution in [2.75, 3.05) is 23.3 Å². The van der Waals surface area contributed by atoms with Crippen LogP contribution < -0.4 is 15.0 Å². The van der Waals surface area contributed by atoms with E-state index in [0.717, 1.165) is 37.3 Å². The van der Waals surface area contributed by atoms with Gasteiger partial charge in [-0.3, -0.25) is 4.79 Å². The fraction of sp³-hybridized carbons (Fsp3) is 0.208. The van der Waals surface area contributed by atoms with E-state index in [1.54, 1.807) is 36.5 Å². The maximum Gasteiger partial charge on any atom is 0.255 e. The second kappa shape index (κ2) is 9.10. The van der Waals surface area contributed by atoms with Gasteiger partial charge in [0, 0.05) is 30.4 Å². The van der Waals surface area contributed by atoms with Crippen LogP contribution in [0.25, 0.3) is 0 Å². The molecule has 1 N–H and O–H groups in total. The molecule has 4 rings (SSSR count). The maximum absolute atomic E-state index is 12.9. The second-order valence-electron chi connectivity index (χ2n) is 7.11. The Balaban J connectivity index is 1.46. The standard InChI is InChI=1S/C24H22N4O2/c25-16-19-7-1-2-8-20(19)17-30-21-10-5-9-18(15-21)24(29)27-22-11-6-12-26-23(22)28-13-3-4-14-28/h1-2,5-12,15H,3-4,13-14,17H2,(H,27,29). The van der Waals surface area contributed by atoms with E-state index in [0.29, 0.717) is 22.6 Å². The summed E-state index contributed by atoms with van der Waals surface area (Å²) >= 11 is 0. The van der Waals surface area contributed by atoms with Crippen molar-refractivity contribution in [2.24, 2.45) is 0 Å². The third kappa shape index (κ3) is 4.41. The third-order valence-corrected chi connectivity index (χ3v) is 5.07. The number of hydrogen-bond acceptors (Lipinski definition) is 5. The number of carbonyl (C=O) groups is 1. The van der Waals surface area contributed by atoms with Crippen molar-refractivity contribution >= 4 is 17.4 Å². The van der Waals surface area contributed by atoms with Crippen LogP contribution in [0.1, 0.15) is 34.3 Å². The van der Waals surface area contributed by atoms with Crippen molar-refractivity contribution in [3.63, 3.8) is 0 Å². The van der Waals surface area contributed by atoms with Crippen LogP contribution in [0.15, 0.2) is 66.9 Å². The number of amides is 1. The van der Waals surface area contributed by atoms with Crippen LogP contribution in [0.3, 0.4) is 0 Å². The number of ether oxygens (including phenoxy) is 1. The first-order valence-electron chi connectivity index (χ1n) is 9.97. The van der Waals surface area contributed by atoms with Crippen LogP contribution in [0.4, 0.5) is 11.5 Å². The molecule has 0 bridgehead atoms. The first-order valence-corrected chi connectivity index (χ1v) is 9.97. The number of nitrogens with one attached hydrogen (secondary N) is 1. The minimum absolute atomic E-state index is 0.216. The van der Waals surface area contributed by atoms with Gasteiger partial charge in [-0.2, -0.15) is 5.26 Å². The number of pyridine rings is 1. The number of benzene rings is 2. The van der Waals surface area contributed by atoms with Gasteiger partial charge < -0.3 is 15.0 Å². The van der Waals surface area contributed by atoms with Crippen LogP contribution in [-0.2, 0) is 6.61 Å². The molecule has 3 aromatic rings. The number of aromatic nitrogens is 1. The molecule has 1 saturated heterocycles. The van der Waals surface area contributed by atoms with Crippen LogP contribution in [0, 0.1) is 11.3 Å². The summed E-state index contributed by atoms with van der Waals surface area (Å²) in [5, 5.41) is 12.2. The summed E-state index contributed by atoms with van der Waals surface area (Å²) in [6.07, 6.45) is 4.02. The molecule has 30 heavy (non-hydrogen) atoms. The van der Waals surface area contributed by atoms with Crippen molar-refractivity contribution in [3.05, 3.63) is 83.6 Å². The highest BCUT2D eigenvalue weighted by atomic mass is 16.5. The van der Waals surface area contributed by atoms with Gasteiger partial charge in [-0.25, -0.2) is 4.98 Å². The molecule has 1 aliphatic rings. The second-order valence-corrected chi connectivity index (χ2v) is 7.11. The molecule has 1 aromatic heterocycles. The van der Waals surface area contributed by atoms with Gasteiger partial charge in [0.1, 0.15) is 12.4 Å². The summed E-state index contributed by atoms with van der Waals surface area (Å²) < 4.78 is 5.83. The summed E-state index contributed by atoms with van der Waals surface area (Å²) in [6.45, 7) is 2.16. The predicted molar refractivity (Wildman–Crippen MR) is 116 cm³/mol. The number of anilines is 2. The van der Waals surface area contributed by atoms with E-state index < -0.39 is 0 Å². The fourth-order valence-electron chi connectivity index (χ4n) is 3.51. The number of hydrogen-bond donors (Lipinski definition) is 1. The minimum atomic E-state index is -0.216. The van der Waals surface area contributed by atoms with Crippen molar-refractivity contribution in [3.8, 4) is 11.8 Å². The lowest BCUT2D eigenvalue weighted by atomic mass is 10.1. The quantitative estimate of drug-likeness (QED) is 0.666. The highest BCUT2D eigenvalue weighted by Gasteiger charge is 2.18. The fourth-order valence-corrected chi connectivity index (χ4v) is 3.51. The van der Waals surface area contributed by atoms with Gasteiger partial charge in [0.25, 0.3) is 5.91 Å². The SMILES string of the molecule is N#Cc1ccccc1COc1cccc(C(=O)Nc2cccnc2N2CCCC2)c1. The summed E-state index contributed by atoms with van der Waals surface area (Å²) in [5.74, 6) is 1.16. The largest absolute Gasteiger partial charge is 0.489 e. The summed E-state index contributed by atoms with van der Waals surface area (Å²) in [4.78, 5) is 19.5. The van der Waals surface area contributed by atoms with E-state index in [-0.39, 0.29) is 12.5 Å². The molecule has 6 nitrogen and oxygen atoms in total. The summed E-state index contributed by atoms with van der Waals surface area (Å²) in [7, 11) is 0. The molecule has 150 valence electrons. The zero-order valence-corrected chi connectivity index (χ0v) is 16.5. The summed E-state index contributed by atoms with van der Waals surface area (Å²) in [6, 6.07) is 20.2. The van der Waals surface area contributed by atoms with Crippen molar-refractivity contribution in [2.45, 2.75) is 19.4 Å². The number of nitrogens with zero attached hydrogens (tertiary/aromatic N) is 3. The Morgan fingerprint density at radius 1 is 1.10 bits per heavy atom. The number of nitriles is 1. The number of carbonyl (C=O) groups excluding carboxylic acids is 1. The Hall–Kier alpha value is -3.85. The van der Waals surface area contributed by atoms with E-state index >= 15 is 0 Å². The van der Waals surface area contributed by atoms with Crippen LogP contribution >= 0.6 is 0 Å². The lowest BCUT2D eigenvalue weighted by Gasteiger charge is -2.20. The zero-order chi connectivity index (χ0) is 20.8. The monoisotopic (exact) mass is 398 g/mol. The average Bonchev–Trinajstić information content (AvgIpc) is 3.33. The lowest BCUT2D eigenvalue weighted by molar-refractivity contribution is 0.102. The molecule has 2 heterocycles. The van der Waals surface area contributed by atoms with Gasteiger partial charge in [-0.05, 0) is 49.2 Å². The first kappa shape index (κ1) is 19.5. The van der Waals surface area contributed by atoms with E-state index in [2.05, 4.69) is 21.3 Å². The van der Waals surface area contributed by atoms with E-state index in [1.807, 2.05) is 30.3 Å². The first-order chi connectivity index (χ1) is 14.7. The minimum Gasteiger partial charge on any atom is -0.489 e. The molecule has 2 aromatic carbocycles. The Morgan fingerprint density at radius 3 is 2.77 bits per heavy atom. The Morgan fingerprint density at radius 2 is 1.93 bits per heavy atom.